The van der Waals surface area contributed by atoms with Gasteiger partial charge in [0.1, 0.15) is 0 Å². The Morgan fingerprint density at radius 3 is 2.50 bits per heavy atom. The van der Waals surface area contributed by atoms with Gasteiger partial charge in [-0.15, -0.1) is 0 Å². The lowest BCUT2D eigenvalue weighted by Gasteiger charge is -2.26. The zero-order chi connectivity index (χ0) is 21.1. The molecule has 2 aliphatic heterocycles. The summed E-state index contributed by atoms with van der Waals surface area (Å²) in [5.41, 5.74) is 3.31. The normalized spacial score (nSPS) is 22.0. The van der Waals surface area contributed by atoms with Gasteiger partial charge in [0.15, 0.2) is 0 Å². The molecule has 2 saturated heterocycles. The van der Waals surface area contributed by atoms with Crippen molar-refractivity contribution in [3.05, 3.63) is 60.2 Å². The first kappa shape index (κ1) is 20.1. The van der Waals surface area contributed by atoms with Crippen LogP contribution in [0.25, 0.3) is 11.1 Å². The minimum absolute atomic E-state index is 0.00529. The second-order valence-electron chi connectivity index (χ2n) is 8.17. The maximum atomic E-state index is 13.0. The summed E-state index contributed by atoms with van der Waals surface area (Å²) in [6, 6.07) is 18.2. The minimum Gasteiger partial charge on any atom is -0.354 e. The van der Waals surface area contributed by atoms with Crippen LogP contribution in [0.15, 0.2) is 54.6 Å². The summed E-state index contributed by atoms with van der Waals surface area (Å²) in [7, 11) is 1.73. The van der Waals surface area contributed by atoms with Crippen molar-refractivity contribution in [2.75, 3.05) is 33.2 Å². The van der Waals surface area contributed by atoms with Gasteiger partial charge in [0.05, 0.1) is 11.8 Å². The largest absolute Gasteiger partial charge is 0.354 e. The molecule has 0 radical (unpaired) electrons. The predicted molar refractivity (Wildman–Crippen MR) is 114 cm³/mol. The van der Waals surface area contributed by atoms with Crippen LogP contribution in [0.5, 0.6) is 0 Å². The molecule has 30 heavy (non-hydrogen) atoms. The zero-order valence-electron chi connectivity index (χ0n) is 17.2. The first-order valence-electron chi connectivity index (χ1n) is 10.5. The van der Waals surface area contributed by atoms with Crippen molar-refractivity contribution in [2.24, 2.45) is 11.8 Å². The Bertz CT molecular complexity index is 944. The van der Waals surface area contributed by atoms with Crippen LogP contribution in [0.2, 0.25) is 0 Å². The van der Waals surface area contributed by atoms with Crippen molar-refractivity contribution in [3.63, 3.8) is 0 Å². The van der Waals surface area contributed by atoms with Crippen LogP contribution in [-0.4, -0.2) is 60.7 Å². The molecule has 2 aliphatic rings. The Balaban J connectivity index is 1.53. The molecule has 2 heterocycles. The standard InChI is InChI=1S/C24H27N3O3/c1-26-15-20(14-22(26)28)24(30)27-12-11-25-23(29)19(16-27)13-18-9-5-6-10-21(18)17-7-3-2-4-8-17/h2-10,19-20H,11-16H2,1H3,(H,25,29). The molecule has 2 aromatic rings. The second-order valence-corrected chi connectivity index (χ2v) is 8.17. The third-order valence-electron chi connectivity index (χ3n) is 6.06. The molecule has 0 aliphatic carbocycles. The fourth-order valence-electron chi connectivity index (χ4n) is 4.41. The third-order valence-corrected chi connectivity index (χ3v) is 6.06. The molecule has 6 heteroatoms. The van der Waals surface area contributed by atoms with Crippen molar-refractivity contribution >= 4 is 17.7 Å². The lowest BCUT2D eigenvalue weighted by atomic mass is 9.91. The van der Waals surface area contributed by atoms with E-state index in [9.17, 15) is 14.4 Å². The van der Waals surface area contributed by atoms with Gasteiger partial charge in [0.25, 0.3) is 0 Å². The van der Waals surface area contributed by atoms with Crippen LogP contribution >= 0.6 is 0 Å². The number of rotatable bonds is 4. The van der Waals surface area contributed by atoms with Crippen LogP contribution in [0.1, 0.15) is 12.0 Å². The average molecular weight is 405 g/mol. The molecule has 6 nitrogen and oxygen atoms in total. The Morgan fingerprint density at radius 1 is 1.03 bits per heavy atom. The maximum Gasteiger partial charge on any atom is 0.228 e. The number of carbonyl (C=O) groups is 3. The van der Waals surface area contributed by atoms with Gasteiger partial charge >= 0.3 is 0 Å². The first-order chi connectivity index (χ1) is 14.5. The number of nitrogens with one attached hydrogen (secondary N) is 1. The number of benzene rings is 2. The Kier molecular flexibility index (Phi) is 5.84. The van der Waals surface area contributed by atoms with Gasteiger partial charge in [-0.3, -0.25) is 14.4 Å². The Morgan fingerprint density at radius 2 is 1.77 bits per heavy atom. The van der Waals surface area contributed by atoms with E-state index in [4.69, 9.17) is 0 Å². The van der Waals surface area contributed by atoms with E-state index in [1.165, 1.54) is 0 Å². The number of hydrogen-bond acceptors (Lipinski definition) is 3. The molecule has 0 saturated carbocycles. The summed E-state index contributed by atoms with van der Waals surface area (Å²) in [5, 5.41) is 2.96. The number of carbonyl (C=O) groups excluding carboxylic acids is 3. The number of likely N-dealkylation sites (tertiary alicyclic amines) is 1. The van der Waals surface area contributed by atoms with Crippen LogP contribution in [0, 0.1) is 11.8 Å². The van der Waals surface area contributed by atoms with Gasteiger partial charge in [-0.05, 0) is 23.1 Å². The molecule has 2 unspecified atom stereocenters. The van der Waals surface area contributed by atoms with E-state index in [2.05, 4.69) is 29.6 Å². The molecule has 156 valence electrons. The fourth-order valence-corrected chi connectivity index (χ4v) is 4.41. The number of nitrogens with zero attached hydrogens (tertiary/aromatic N) is 2. The van der Waals surface area contributed by atoms with Crippen LogP contribution in [-0.2, 0) is 20.8 Å². The quantitative estimate of drug-likeness (QED) is 0.845. The van der Waals surface area contributed by atoms with E-state index in [0.29, 0.717) is 32.6 Å². The van der Waals surface area contributed by atoms with E-state index in [1.807, 2.05) is 30.3 Å². The summed E-state index contributed by atoms with van der Waals surface area (Å²) < 4.78 is 0. The summed E-state index contributed by atoms with van der Waals surface area (Å²) in [6.07, 6.45) is 0.818. The smallest absolute Gasteiger partial charge is 0.228 e. The maximum absolute atomic E-state index is 13.0. The van der Waals surface area contributed by atoms with E-state index in [-0.39, 0.29) is 36.0 Å². The fraction of sp³-hybridized carbons (Fsp3) is 0.375. The molecule has 0 aromatic heterocycles. The Hall–Kier alpha value is -3.15. The third kappa shape index (κ3) is 4.22. The highest BCUT2D eigenvalue weighted by Gasteiger charge is 2.37. The number of hydrogen-bond donors (Lipinski definition) is 1. The molecule has 3 amide bonds. The van der Waals surface area contributed by atoms with Crippen LogP contribution in [0.4, 0.5) is 0 Å². The SMILES string of the molecule is CN1CC(C(=O)N2CCNC(=O)C(Cc3ccccc3-c3ccccc3)C2)CC1=O. The van der Waals surface area contributed by atoms with E-state index in [1.54, 1.807) is 16.8 Å². The van der Waals surface area contributed by atoms with Crippen molar-refractivity contribution in [1.82, 2.24) is 15.1 Å². The van der Waals surface area contributed by atoms with Gasteiger partial charge in [-0.1, -0.05) is 54.6 Å². The summed E-state index contributed by atoms with van der Waals surface area (Å²) in [4.78, 5) is 41.0. The van der Waals surface area contributed by atoms with Gasteiger partial charge in [-0.25, -0.2) is 0 Å². The van der Waals surface area contributed by atoms with Gasteiger partial charge < -0.3 is 15.1 Å². The molecule has 2 aromatic carbocycles. The van der Waals surface area contributed by atoms with Crippen molar-refractivity contribution in [3.8, 4) is 11.1 Å². The summed E-state index contributed by atoms with van der Waals surface area (Å²) in [6.45, 7) is 1.76. The monoisotopic (exact) mass is 405 g/mol. The first-order valence-corrected chi connectivity index (χ1v) is 10.5. The molecule has 2 fully saturated rings. The highest BCUT2D eigenvalue weighted by Crippen LogP contribution is 2.27. The minimum atomic E-state index is -0.323. The summed E-state index contributed by atoms with van der Waals surface area (Å²) in [5.74, 6) is -0.673. The molecule has 0 spiro atoms. The Labute approximate surface area is 176 Å². The second kappa shape index (κ2) is 8.69. The molecule has 0 bridgehead atoms. The van der Waals surface area contributed by atoms with E-state index in [0.717, 1.165) is 16.7 Å². The van der Waals surface area contributed by atoms with Crippen molar-refractivity contribution in [2.45, 2.75) is 12.8 Å². The highest BCUT2D eigenvalue weighted by molar-refractivity contribution is 5.90. The molecule has 4 rings (SSSR count). The topological polar surface area (TPSA) is 69.7 Å². The molecular formula is C24H27N3O3. The predicted octanol–water partition coefficient (Wildman–Crippen LogP) is 1.95. The number of amides is 3. The summed E-state index contributed by atoms with van der Waals surface area (Å²) >= 11 is 0. The van der Waals surface area contributed by atoms with Crippen LogP contribution in [0.3, 0.4) is 0 Å². The molecule has 2 atom stereocenters. The average Bonchev–Trinajstić information content (AvgIpc) is 2.99. The van der Waals surface area contributed by atoms with Gasteiger partial charge in [-0.2, -0.15) is 0 Å². The molecular weight excluding hydrogens is 378 g/mol. The van der Waals surface area contributed by atoms with E-state index >= 15 is 0 Å². The molecule has 1 N–H and O–H groups in total. The van der Waals surface area contributed by atoms with Gasteiger partial charge in [0, 0.05) is 39.6 Å². The zero-order valence-corrected chi connectivity index (χ0v) is 17.2. The lowest BCUT2D eigenvalue weighted by Crippen LogP contribution is -2.41. The lowest BCUT2D eigenvalue weighted by molar-refractivity contribution is -0.136. The highest BCUT2D eigenvalue weighted by atomic mass is 16.2. The van der Waals surface area contributed by atoms with E-state index < -0.39 is 0 Å². The van der Waals surface area contributed by atoms with Crippen LogP contribution < -0.4 is 5.32 Å². The van der Waals surface area contributed by atoms with Crippen molar-refractivity contribution < 1.29 is 14.4 Å². The van der Waals surface area contributed by atoms with Gasteiger partial charge in [0.2, 0.25) is 17.7 Å². The van der Waals surface area contributed by atoms with Crippen molar-refractivity contribution in [1.29, 1.82) is 0 Å².